The van der Waals surface area contributed by atoms with Gasteiger partial charge in [0.2, 0.25) is 0 Å². The summed E-state index contributed by atoms with van der Waals surface area (Å²) in [7, 11) is 0. The summed E-state index contributed by atoms with van der Waals surface area (Å²) in [5, 5.41) is 1.87. The summed E-state index contributed by atoms with van der Waals surface area (Å²) in [5.74, 6) is 0. The van der Waals surface area contributed by atoms with Gasteiger partial charge >= 0.3 is 0 Å². The number of para-hydroxylation sites is 1. The molecule has 0 spiro atoms. The summed E-state index contributed by atoms with van der Waals surface area (Å²) in [4.78, 5) is 13.6. The van der Waals surface area contributed by atoms with Gasteiger partial charge in [0, 0.05) is 16.3 Å². The molecular weight excluding hydrogens is 326 g/mol. The van der Waals surface area contributed by atoms with Crippen LogP contribution in [-0.2, 0) is 13.0 Å². The summed E-state index contributed by atoms with van der Waals surface area (Å²) in [6.07, 6.45) is 2.85. The van der Waals surface area contributed by atoms with Crippen LogP contribution in [0, 0.1) is 0 Å². The SMILES string of the molecule is CCc1cc(=O)n(Cc2ccc(SC)c(Cl)c2)c2ccccc12. The second-order valence-corrected chi connectivity index (χ2v) is 6.69. The first-order chi connectivity index (χ1) is 11.1. The lowest BCUT2D eigenvalue weighted by molar-refractivity contribution is 0.790. The predicted octanol–water partition coefficient (Wildman–Crippen LogP) is 4.99. The highest BCUT2D eigenvalue weighted by Gasteiger charge is 2.09. The highest BCUT2D eigenvalue weighted by atomic mass is 35.5. The maximum atomic E-state index is 12.6. The number of benzene rings is 2. The van der Waals surface area contributed by atoms with Crippen LogP contribution in [0.4, 0.5) is 0 Å². The van der Waals surface area contributed by atoms with Gasteiger partial charge in [-0.25, -0.2) is 0 Å². The molecule has 0 aliphatic carbocycles. The van der Waals surface area contributed by atoms with Crippen molar-refractivity contribution in [3.05, 3.63) is 75.0 Å². The van der Waals surface area contributed by atoms with Crippen molar-refractivity contribution in [1.29, 1.82) is 0 Å². The fourth-order valence-corrected chi connectivity index (χ4v) is 3.74. The van der Waals surface area contributed by atoms with Gasteiger partial charge < -0.3 is 4.57 Å². The molecule has 0 amide bonds. The molecule has 4 heteroatoms. The Morgan fingerprint density at radius 2 is 1.91 bits per heavy atom. The Kier molecular flexibility index (Phi) is 4.79. The molecule has 0 N–H and O–H groups in total. The Balaban J connectivity index is 2.12. The normalized spacial score (nSPS) is 11.1. The van der Waals surface area contributed by atoms with Crippen molar-refractivity contribution in [3.63, 3.8) is 0 Å². The topological polar surface area (TPSA) is 22.0 Å². The molecule has 0 aliphatic heterocycles. The van der Waals surface area contributed by atoms with Crippen molar-refractivity contribution in [1.82, 2.24) is 4.57 Å². The van der Waals surface area contributed by atoms with E-state index in [9.17, 15) is 4.79 Å². The summed E-state index contributed by atoms with van der Waals surface area (Å²) >= 11 is 7.91. The van der Waals surface area contributed by atoms with Gasteiger partial charge in [0.25, 0.3) is 5.56 Å². The molecule has 3 rings (SSSR count). The summed E-state index contributed by atoms with van der Waals surface area (Å²) in [6.45, 7) is 2.60. The summed E-state index contributed by atoms with van der Waals surface area (Å²) in [6, 6.07) is 15.8. The first kappa shape index (κ1) is 16.2. The van der Waals surface area contributed by atoms with Crippen molar-refractivity contribution in [2.45, 2.75) is 24.8 Å². The van der Waals surface area contributed by atoms with Crippen molar-refractivity contribution in [2.75, 3.05) is 6.26 Å². The number of nitrogens with zero attached hydrogens (tertiary/aromatic N) is 1. The molecule has 0 fully saturated rings. The van der Waals surface area contributed by atoms with Crippen LogP contribution in [0.3, 0.4) is 0 Å². The van der Waals surface area contributed by atoms with E-state index in [1.807, 2.05) is 47.2 Å². The Labute approximate surface area is 145 Å². The van der Waals surface area contributed by atoms with E-state index in [0.717, 1.165) is 38.4 Å². The Hall–Kier alpha value is -1.71. The van der Waals surface area contributed by atoms with Gasteiger partial charge in [-0.15, -0.1) is 11.8 Å². The third-order valence-corrected chi connectivity index (χ3v) is 5.26. The molecule has 118 valence electrons. The van der Waals surface area contributed by atoms with Crippen LogP contribution in [0.2, 0.25) is 5.02 Å². The highest BCUT2D eigenvalue weighted by molar-refractivity contribution is 7.98. The van der Waals surface area contributed by atoms with E-state index in [1.54, 1.807) is 17.8 Å². The molecule has 2 aromatic carbocycles. The van der Waals surface area contributed by atoms with Crippen molar-refractivity contribution in [2.24, 2.45) is 0 Å². The molecule has 0 aliphatic rings. The molecule has 0 unspecified atom stereocenters. The van der Waals surface area contributed by atoms with E-state index in [0.29, 0.717) is 6.54 Å². The quantitative estimate of drug-likeness (QED) is 0.623. The van der Waals surface area contributed by atoms with Crippen LogP contribution in [0.25, 0.3) is 10.9 Å². The van der Waals surface area contributed by atoms with E-state index in [4.69, 9.17) is 11.6 Å². The minimum Gasteiger partial charge on any atom is -0.304 e. The number of pyridine rings is 1. The maximum Gasteiger partial charge on any atom is 0.251 e. The zero-order chi connectivity index (χ0) is 16.4. The van der Waals surface area contributed by atoms with Gasteiger partial charge in [0.05, 0.1) is 17.1 Å². The van der Waals surface area contributed by atoms with Gasteiger partial charge in [0.1, 0.15) is 0 Å². The van der Waals surface area contributed by atoms with Gasteiger partial charge in [-0.2, -0.15) is 0 Å². The molecular formula is C19H18ClNOS. The molecule has 2 nitrogen and oxygen atoms in total. The average Bonchev–Trinajstić information content (AvgIpc) is 2.57. The van der Waals surface area contributed by atoms with Crippen LogP contribution in [-0.4, -0.2) is 10.8 Å². The molecule has 0 saturated carbocycles. The van der Waals surface area contributed by atoms with Crippen LogP contribution >= 0.6 is 23.4 Å². The van der Waals surface area contributed by atoms with Crippen molar-refractivity contribution < 1.29 is 0 Å². The fourth-order valence-electron chi connectivity index (χ4n) is 2.85. The minimum atomic E-state index is 0.0330. The van der Waals surface area contributed by atoms with Crippen LogP contribution in [0.15, 0.2) is 58.2 Å². The summed E-state index contributed by atoms with van der Waals surface area (Å²) in [5.41, 5.74) is 3.13. The lowest BCUT2D eigenvalue weighted by Gasteiger charge is -2.13. The van der Waals surface area contributed by atoms with Crippen molar-refractivity contribution in [3.8, 4) is 0 Å². The van der Waals surface area contributed by atoms with Gasteiger partial charge in [-0.05, 0) is 42.0 Å². The zero-order valence-corrected chi connectivity index (χ0v) is 14.7. The monoisotopic (exact) mass is 343 g/mol. The Bertz CT molecular complexity index is 917. The second-order valence-electron chi connectivity index (χ2n) is 5.43. The molecule has 0 saturated heterocycles. The third kappa shape index (κ3) is 3.17. The number of rotatable bonds is 4. The molecule has 3 aromatic rings. The molecule has 0 atom stereocenters. The predicted molar refractivity (Wildman–Crippen MR) is 99.9 cm³/mol. The highest BCUT2D eigenvalue weighted by Crippen LogP contribution is 2.26. The number of hydrogen-bond acceptors (Lipinski definition) is 2. The lowest BCUT2D eigenvalue weighted by atomic mass is 10.1. The van der Waals surface area contributed by atoms with Gasteiger partial charge in [-0.3, -0.25) is 4.79 Å². The number of halogens is 1. The van der Waals surface area contributed by atoms with Crippen LogP contribution < -0.4 is 5.56 Å². The number of aryl methyl sites for hydroxylation is 1. The van der Waals surface area contributed by atoms with E-state index in [-0.39, 0.29) is 5.56 Å². The maximum absolute atomic E-state index is 12.6. The largest absolute Gasteiger partial charge is 0.304 e. The molecule has 0 bridgehead atoms. The smallest absolute Gasteiger partial charge is 0.251 e. The van der Waals surface area contributed by atoms with E-state index < -0.39 is 0 Å². The molecule has 0 radical (unpaired) electrons. The second kappa shape index (κ2) is 6.81. The van der Waals surface area contributed by atoms with E-state index in [2.05, 4.69) is 13.0 Å². The standard InChI is InChI=1S/C19H18ClNOS/c1-3-14-11-19(22)21(17-7-5-4-6-15(14)17)12-13-8-9-18(23-2)16(20)10-13/h4-11H,3,12H2,1-2H3. The van der Waals surface area contributed by atoms with Crippen LogP contribution in [0.5, 0.6) is 0 Å². The molecule has 1 aromatic heterocycles. The number of fused-ring (bicyclic) bond motifs is 1. The molecule has 1 heterocycles. The zero-order valence-electron chi connectivity index (χ0n) is 13.2. The number of thioether (sulfide) groups is 1. The lowest BCUT2D eigenvalue weighted by Crippen LogP contribution is -2.21. The Morgan fingerprint density at radius 1 is 1.13 bits per heavy atom. The summed E-state index contributed by atoms with van der Waals surface area (Å²) < 4.78 is 1.82. The Morgan fingerprint density at radius 3 is 2.61 bits per heavy atom. The van der Waals surface area contributed by atoms with E-state index >= 15 is 0 Å². The van der Waals surface area contributed by atoms with E-state index in [1.165, 1.54) is 0 Å². The van der Waals surface area contributed by atoms with Gasteiger partial charge in [-0.1, -0.05) is 42.8 Å². The van der Waals surface area contributed by atoms with Crippen molar-refractivity contribution >= 4 is 34.3 Å². The number of hydrogen-bond donors (Lipinski definition) is 0. The third-order valence-electron chi connectivity index (χ3n) is 4.04. The number of aromatic nitrogens is 1. The average molecular weight is 344 g/mol. The minimum absolute atomic E-state index is 0.0330. The fraction of sp³-hybridized carbons (Fsp3) is 0.211. The first-order valence-corrected chi connectivity index (χ1v) is 9.18. The van der Waals surface area contributed by atoms with Crippen LogP contribution in [0.1, 0.15) is 18.1 Å². The first-order valence-electron chi connectivity index (χ1n) is 7.58. The van der Waals surface area contributed by atoms with Gasteiger partial charge in [0.15, 0.2) is 0 Å². The molecule has 23 heavy (non-hydrogen) atoms.